The zero-order valence-electron chi connectivity index (χ0n) is 14.9. The highest BCUT2D eigenvalue weighted by Crippen LogP contribution is 2.22. The van der Waals surface area contributed by atoms with Crippen molar-refractivity contribution in [2.24, 2.45) is 0 Å². The van der Waals surface area contributed by atoms with Gasteiger partial charge in [0, 0.05) is 29.3 Å². The summed E-state index contributed by atoms with van der Waals surface area (Å²) < 4.78 is 1.67. The van der Waals surface area contributed by atoms with Gasteiger partial charge in [-0.15, -0.1) is 0 Å². The van der Waals surface area contributed by atoms with Crippen LogP contribution in [0.1, 0.15) is 32.9 Å². The summed E-state index contributed by atoms with van der Waals surface area (Å²) >= 11 is 0. The van der Waals surface area contributed by atoms with Gasteiger partial charge in [0.25, 0.3) is 5.91 Å². The predicted molar refractivity (Wildman–Crippen MR) is 97.9 cm³/mol. The van der Waals surface area contributed by atoms with Crippen molar-refractivity contribution in [3.63, 3.8) is 0 Å². The van der Waals surface area contributed by atoms with Gasteiger partial charge in [-0.1, -0.05) is 12.1 Å². The number of aromatic amines is 1. The molecule has 3 aromatic rings. The monoisotopic (exact) mass is 340 g/mol. The Kier molecular flexibility index (Phi) is 4.90. The van der Waals surface area contributed by atoms with Gasteiger partial charge < -0.3 is 15.4 Å². The third kappa shape index (κ3) is 3.30. The number of aliphatic hydroxyl groups is 1. The zero-order valence-corrected chi connectivity index (χ0v) is 14.9. The van der Waals surface area contributed by atoms with Gasteiger partial charge in [-0.05, 0) is 44.4 Å². The molecule has 0 spiro atoms. The number of aryl methyl sites for hydroxylation is 2. The first kappa shape index (κ1) is 17.2. The van der Waals surface area contributed by atoms with Crippen molar-refractivity contribution in [2.45, 2.75) is 33.7 Å². The molecule has 0 unspecified atom stereocenters. The minimum atomic E-state index is -0.115. The van der Waals surface area contributed by atoms with Crippen molar-refractivity contribution in [2.75, 3.05) is 13.2 Å². The smallest absolute Gasteiger partial charge is 0.255 e. The molecule has 0 bridgehead atoms. The minimum Gasteiger partial charge on any atom is -0.394 e. The fourth-order valence-corrected chi connectivity index (χ4v) is 3.39. The number of nitrogens with one attached hydrogen (secondary N) is 2. The highest BCUT2D eigenvalue weighted by molar-refractivity contribution is 5.96. The standard InChI is InChI=1S/C19H24N4O2/c1-12-5-4-6-16-17(12)15(11-21-16)7-8-20-19(25)18-13(2)22-23(9-10-24)14(18)3/h4-6,11,21,24H,7-10H2,1-3H3,(H,20,25). The first-order chi connectivity index (χ1) is 12.0. The highest BCUT2D eigenvalue weighted by Gasteiger charge is 2.18. The Morgan fingerprint density at radius 3 is 2.88 bits per heavy atom. The molecule has 0 fully saturated rings. The molecule has 0 aliphatic carbocycles. The maximum atomic E-state index is 12.5. The molecule has 0 radical (unpaired) electrons. The number of aliphatic hydroxyl groups excluding tert-OH is 1. The van der Waals surface area contributed by atoms with Gasteiger partial charge in [0.15, 0.2) is 0 Å². The predicted octanol–water partition coefficient (Wildman–Crippen LogP) is 2.25. The highest BCUT2D eigenvalue weighted by atomic mass is 16.3. The molecule has 0 aliphatic heterocycles. The Bertz CT molecular complexity index is 908. The van der Waals surface area contributed by atoms with Crippen LogP contribution in [0, 0.1) is 20.8 Å². The molecular weight excluding hydrogens is 316 g/mol. The lowest BCUT2D eigenvalue weighted by atomic mass is 10.1. The summed E-state index contributed by atoms with van der Waals surface area (Å²) in [4.78, 5) is 15.8. The average Bonchev–Trinajstić information content (AvgIpc) is 3.10. The van der Waals surface area contributed by atoms with Crippen LogP contribution in [0.5, 0.6) is 0 Å². The molecule has 0 atom stereocenters. The van der Waals surface area contributed by atoms with Crippen molar-refractivity contribution in [3.8, 4) is 0 Å². The Morgan fingerprint density at radius 2 is 2.12 bits per heavy atom. The number of fused-ring (bicyclic) bond motifs is 1. The number of carbonyl (C=O) groups is 1. The zero-order chi connectivity index (χ0) is 18.0. The number of hydrogen-bond acceptors (Lipinski definition) is 3. The van der Waals surface area contributed by atoms with Crippen LogP contribution in [0.15, 0.2) is 24.4 Å². The number of carbonyl (C=O) groups excluding carboxylic acids is 1. The van der Waals surface area contributed by atoms with Gasteiger partial charge in [0.1, 0.15) is 0 Å². The normalized spacial score (nSPS) is 11.2. The molecule has 1 aromatic carbocycles. The molecule has 2 heterocycles. The number of aromatic nitrogens is 3. The molecule has 0 saturated heterocycles. The van der Waals surface area contributed by atoms with Gasteiger partial charge in [-0.3, -0.25) is 9.48 Å². The largest absolute Gasteiger partial charge is 0.394 e. The second kappa shape index (κ2) is 7.11. The van der Waals surface area contributed by atoms with Crippen LogP contribution in [-0.2, 0) is 13.0 Å². The van der Waals surface area contributed by atoms with Gasteiger partial charge in [0.05, 0.1) is 24.4 Å². The van der Waals surface area contributed by atoms with E-state index in [1.54, 1.807) is 4.68 Å². The Morgan fingerprint density at radius 1 is 1.32 bits per heavy atom. The molecule has 3 N–H and O–H groups in total. The summed E-state index contributed by atoms with van der Waals surface area (Å²) in [7, 11) is 0. The van der Waals surface area contributed by atoms with E-state index in [2.05, 4.69) is 34.5 Å². The number of nitrogens with zero attached hydrogens (tertiary/aromatic N) is 2. The van der Waals surface area contributed by atoms with Crippen molar-refractivity contribution in [3.05, 3.63) is 52.5 Å². The first-order valence-electron chi connectivity index (χ1n) is 8.51. The van der Waals surface area contributed by atoms with Crippen molar-refractivity contribution >= 4 is 16.8 Å². The van der Waals surface area contributed by atoms with Crippen LogP contribution in [0.25, 0.3) is 10.9 Å². The molecule has 6 heteroatoms. The van der Waals surface area contributed by atoms with E-state index in [0.29, 0.717) is 24.3 Å². The molecule has 0 aliphatic rings. The summed E-state index contributed by atoms with van der Waals surface area (Å²) in [6, 6.07) is 6.20. The molecule has 132 valence electrons. The number of amides is 1. The van der Waals surface area contributed by atoms with E-state index < -0.39 is 0 Å². The molecule has 0 saturated carbocycles. The van der Waals surface area contributed by atoms with Gasteiger partial charge in [-0.25, -0.2) is 0 Å². The summed E-state index contributed by atoms with van der Waals surface area (Å²) in [6.07, 6.45) is 2.78. The van der Waals surface area contributed by atoms with Crippen LogP contribution in [0.2, 0.25) is 0 Å². The Hall–Kier alpha value is -2.60. The Balaban J connectivity index is 1.69. The first-order valence-corrected chi connectivity index (χ1v) is 8.51. The van der Waals surface area contributed by atoms with E-state index in [9.17, 15) is 4.79 Å². The van der Waals surface area contributed by atoms with E-state index in [4.69, 9.17) is 5.11 Å². The molecular formula is C19H24N4O2. The van der Waals surface area contributed by atoms with E-state index in [-0.39, 0.29) is 12.5 Å². The quantitative estimate of drug-likeness (QED) is 0.644. The lowest BCUT2D eigenvalue weighted by Crippen LogP contribution is -2.26. The molecule has 6 nitrogen and oxygen atoms in total. The van der Waals surface area contributed by atoms with E-state index in [1.165, 1.54) is 16.5 Å². The van der Waals surface area contributed by atoms with Gasteiger partial charge in [-0.2, -0.15) is 5.10 Å². The molecule has 2 aromatic heterocycles. The second-order valence-electron chi connectivity index (χ2n) is 6.31. The minimum absolute atomic E-state index is 0.00291. The maximum Gasteiger partial charge on any atom is 0.255 e. The fourth-order valence-electron chi connectivity index (χ4n) is 3.39. The van der Waals surface area contributed by atoms with Crippen LogP contribution >= 0.6 is 0 Å². The van der Waals surface area contributed by atoms with Gasteiger partial charge in [0.2, 0.25) is 0 Å². The third-order valence-corrected chi connectivity index (χ3v) is 4.60. The van der Waals surface area contributed by atoms with Crippen molar-refractivity contribution in [1.29, 1.82) is 0 Å². The number of benzene rings is 1. The summed E-state index contributed by atoms with van der Waals surface area (Å²) in [6.45, 7) is 6.73. The van der Waals surface area contributed by atoms with Crippen molar-refractivity contribution < 1.29 is 9.90 Å². The Labute approximate surface area is 146 Å². The fraction of sp³-hybridized carbons (Fsp3) is 0.368. The maximum absolute atomic E-state index is 12.5. The van der Waals surface area contributed by atoms with Gasteiger partial charge >= 0.3 is 0 Å². The topological polar surface area (TPSA) is 82.9 Å². The van der Waals surface area contributed by atoms with E-state index >= 15 is 0 Å². The summed E-state index contributed by atoms with van der Waals surface area (Å²) in [5.74, 6) is -0.115. The van der Waals surface area contributed by atoms with Crippen LogP contribution in [0.3, 0.4) is 0 Å². The van der Waals surface area contributed by atoms with E-state index in [0.717, 1.165) is 17.6 Å². The third-order valence-electron chi connectivity index (χ3n) is 4.60. The van der Waals surface area contributed by atoms with Crippen molar-refractivity contribution in [1.82, 2.24) is 20.1 Å². The van der Waals surface area contributed by atoms with Crippen LogP contribution in [-0.4, -0.2) is 38.9 Å². The molecule has 3 rings (SSSR count). The lowest BCUT2D eigenvalue weighted by molar-refractivity contribution is 0.0952. The summed E-state index contributed by atoms with van der Waals surface area (Å²) in [5, 5.41) is 17.6. The molecule has 1 amide bonds. The summed E-state index contributed by atoms with van der Waals surface area (Å²) in [5.41, 5.74) is 5.63. The number of H-pyrrole nitrogens is 1. The number of rotatable bonds is 6. The lowest BCUT2D eigenvalue weighted by Gasteiger charge is -2.07. The van der Waals surface area contributed by atoms with Crippen LogP contribution < -0.4 is 5.32 Å². The van der Waals surface area contributed by atoms with Crippen LogP contribution in [0.4, 0.5) is 0 Å². The second-order valence-corrected chi connectivity index (χ2v) is 6.31. The van der Waals surface area contributed by atoms with E-state index in [1.807, 2.05) is 26.1 Å². The SMILES string of the molecule is Cc1nn(CCO)c(C)c1C(=O)NCCc1c[nH]c2cccc(C)c12. The average molecular weight is 340 g/mol. The number of hydrogen-bond donors (Lipinski definition) is 3. The molecule has 25 heavy (non-hydrogen) atoms.